The number of pyridine rings is 1. The van der Waals surface area contributed by atoms with Gasteiger partial charge < -0.3 is 14.1 Å². The molecule has 158 valence electrons. The maximum atomic E-state index is 6.24. The first-order chi connectivity index (χ1) is 15.8. The third kappa shape index (κ3) is 3.40. The molecule has 5 aromatic rings. The molecule has 0 radical (unpaired) electrons. The van der Waals surface area contributed by atoms with Crippen molar-refractivity contribution >= 4 is 16.9 Å². The van der Waals surface area contributed by atoms with Crippen LogP contribution in [0.15, 0.2) is 77.7 Å². The summed E-state index contributed by atoms with van der Waals surface area (Å²) in [7, 11) is 0. The molecule has 32 heavy (non-hydrogen) atoms. The van der Waals surface area contributed by atoms with Gasteiger partial charge in [-0.2, -0.15) is 10.1 Å². The Hall–Kier alpha value is -4.04. The number of aromatic nitrogens is 5. The van der Waals surface area contributed by atoms with Crippen LogP contribution in [-0.2, 0) is 4.74 Å². The molecule has 5 heterocycles. The van der Waals surface area contributed by atoms with Crippen LogP contribution >= 0.6 is 0 Å². The highest BCUT2D eigenvalue weighted by Gasteiger charge is 2.22. The predicted octanol–water partition coefficient (Wildman–Crippen LogP) is 3.97. The summed E-state index contributed by atoms with van der Waals surface area (Å²) in [4.78, 5) is 15.9. The molecule has 8 nitrogen and oxygen atoms in total. The first-order valence-corrected chi connectivity index (χ1v) is 10.5. The minimum Gasteiger partial charge on any atom is -0.450 e. The van der Waals surface area contributed by atoms with Crippen LogP contribution in [0.4, 0.5) is 5.82 Å². The highest BCUT2D eigenvalue weighted by atomic mass is 16.5. The molecule has 4 aromatic heterocycles. The molecule has 0 N–H and O–H groups in total. The average Bonchev–Trinajstić information content (AvgIpc) is 3.53. The Morgan fingerprint density at radius 2 is 1.66 bits per heavy atom. The molecule has 1 aliphatic heterocycles. The molecule has 1 aliphatic rings. The van der Waals surface area contributed by atoms with E-state index >= 15 is 0 Å². The molecule has 0 amide bonds. The maximum absolute atomic E-state index is 6.24. The zero-order valence-corrected chi connectivity index (χ0v) is 17.3. The van der Waals surface area contributed by atoms with Gasteiger partial charge >= 0.3 is 0 Å². The van der Waals surface area contributed by atoms with Crippen LogP contribution in [0.3, 0.4) is 0 Å². The number of furan rings is 1. The van der Waals surface area contributed by atoms with Crippen molar-refractivity contribution in [1.29, 1.82) is 0 Å². The molecular formula is C24H20N6O2. The molecular weight excluding hydrogens is 404 g/mol. The summed E-state index contributed by atoms with van der Waals surface area (Å²) in [6, 6.07) is 15.9. The Balaban J connectivity index is 1.48. The first-order valence-electron chi connectivity index (χ1n) is 10.5. The Morgan fingerprint density at radius 3 is 2.47 bits per heavy atom. The number of morpholine rings is 1. The highest BCUT2D eigenvalue weighted by Crippen LogP contribution is 2.33. The van der Waals surface area contributed by atoms with Crippen molar-refractivity contribution in [3.05, 3.63) is 73.3 Å². The lowest BCUT2D eigenvalue weighted by atomic mass is 10.1. The summed E-state index contributed by atoms with van der Waals surface area (Å²) in [5.74, 6) is 1.99. The fraction of sp³-hybridized carbons (Fsp3) is 0.167. The van der Waals surface area contributed by atoms with Crippen molar-refractivity contribution in [2.75, 3.05) is 31.2 Å². The molecule has 0 aliphatic carbocycles. The summed E-state index contributed by atoms with van der Waals surface area (Å²) in [5, 5.41) is 4.53. The van der Waals surface area contributed by atoms with Crippen LogP contribution in [0, 0.1) is 0 Å². The Bertz CT molecular complexity index is 1360. The van der Waals surface area contributed by atoms with Crippen molar-refractivity contribution in [1.82, 2.24) is 24.7 Å². The molecule has 0 saturated carbocycles. The second-order valence-corrected chi connectivity index (χ2v) is 7.55. The van der Waals surface area contributed by atoms with Gasteiger partial charge in [0.2, 0.25) is 0 Å². The van der Waals surface area contributed by atoms with Crippen molar-refractivity contribution in [2.45, 2.75) is 0 Å². The third-order valence-corrected chi connectivity index (χ3v) is 5.51. The summed E-state index contributed by atoms with van der Waals surface area (Å²) in [5.41, 5.74) is 4.44. The molecule has 0 unspecified atom stereocenters. The van der Waals surface area contributed by atoms with Crippen LogP contribution in [0.25, 0.3) is 39.5 Å². The van der Waals surface area contributed by atoms with Crippen LogP contribution in [0.2, 0.25) is 0 Å². The summed E-state index contributed by atoms with van der Waals surface area (Å²) < 4.78 is 13.5. The Morgan fingerprint density at radius 1 is 0.844 bits per heavy atom. The van der Waals surface area contributed by atoms with Gasteiger partial charge in [0.15, 0.2) is 11.4 Å². The second-order valence-electron chi connectivity index (χ2n) is 7.55. The molecule has 0 atom stereocenters. The summed E-state index contributed by atoms with van der Waals surface area (Å²) in [6.45, 7) is 2.79. The van der Waals surface area contributed by atoms with E-state index in [9.17, 15) is 0 Å². The van der Waals surface area contributed by atoms with E-state index in [2.05, 4.69) is 27.1 Å². The number of anilines is 1. The van der Waals surface area contributed by atoms with Gasteiger partial charge in [-0.15, -0.1) is 0 Å². The SMILES string of the molecule is c1ccc(-c2cnn(-c3nc(N4CCOCC4)c4oc(-c5ccncc5)cc4n3)c2)cc1. The van der Waals surface area contributed by atoms with Crippen molar-refractivity contribution < 1.29 is 9.15 Å². The third-order valence-electron chi connectivity index (χ3n) is 5.51. The Labute approximate surface area is 184 Å². The quantitative estimate of drug-likeness (QED) is 0.432. The highest BCUT2D eigenvalue weighted by molar-refractivity contribution is 5.88. The van der Waals surface area contributed by atoms with E-state index in [-0.39, 0.29) is 0 Å². The lowest BCUT2D eigenvalue weighted by molar-refractivity contribution is 0.122. The lowest BCUT2D eigenvalue weighted by Gasteiger charge is -2.27. The van der Waals surface area contributed by atoms with E-state index in [4.69, 9.17) is 19.1 Å². The number of fused-ring (bicyclic) bond motifs is 1. The normalized spacial score (nSPS) is 14.2. The Kier molecular flexibility index (Phi) is 4.62. The molecule has 0 bridgehead atoms. The van der Waals surface area contributed by atoms with Gasteiger partial charge in [-0.1, -0.05) is 30.3 Å². The molecule has 6 rings (SSSR count). The summed E-state index contributed by atoms with van der Waals surface area (Å²) in [6.07, 6.45) is 7.27. The van der Waals surface area contributed by atoms with E-state index < -0.39 is 0 Å². The van der Waals surface area contributed by atoms with Crippen LogP contribution in [0.5, 0.6) is 0 Å². The topological polar surface area (TPSA) is 82.1 Å². The van der Waals surface area contributed by atoms with Crippen LogP contribution < -0.4 is 4.90 Å². The lowest BCUT2D eigenvalue weighted by Crippen LogP contribution is -2.37. The maximum Gasteiger partial charge on any atom is 0.253 e. The van der Waals surface area contributed by atoms with Gasteiger partial charge in [0.1, 0.15) is 11.3 Å². The van der Waals surface area contributed by atoms with E-state index in [0.29, 0.717) is 24.7 Å². The van der Waals surface area contributed by atoms with Crippen LogP contribution in [-0.4, -0.2) is 51.0 Å². The van der Waals surface area contributed by atoms with Gasteiger partial charge in [-0.25, -0.2) is 9.67 Å². The number of rotatable bonds is 4. The minimum atomic E-state index is 0.503. The monoisotopic (exact) mass is 424 g/mol. The fourth-order valence-corrected chi connectivity index (χ4v) is 3.87. The van der Waals surface area contributed by atoms with Crippen molar-refractivity contribution in [3.8, 4) is 28.4 Å². The second kappa shape index (κ2) is 7.90. The predicted molar refractivity (Wildman–Crippen MR) is 121 cm³/mol. The first kappa shape index (κ1) is 18.7. The zero-order chi connectivity index (χ0) is 21.3. The molecule has 1 aromatic carbocycles. The smallest absolute Gasteiger partial charge is 0.253 e. The number of ether oxygens (including phenoxy) is 1. The minimum absolute atomic E-state index is 0.503. The van der Waals surface area contributed by atoms with E-state index in [1.54, 1.807) is 17.1 Å². The standard InChI is InChI=1S/C24H20N6O2/c1-2-4-17(5-3-1)19-15-26-30(16-19)24-27-20-14-21(18-6-8-25-9-7-18)32-22(20)23(28-24)29-10-12-31-13-11-29/h1-9,14-16H,10-13H2. The van der Waals surface area contributed by atoms with Gasteiger partial charge in [0.05, 0.1) is 19.4 Å². The van der Waals surface area contributed by atoms with Crippen LogP contribution in [0.1, 0.15) is 0 Å². The largest absolute Gasteiger partial charge is 0.450 e. The van der Waals surface area contributed by atoms with E-state index in [1.807, 2.05) is 48.8 Å². The van der Waals surface area contributed by atoms with E-state index in [1.165, 1.54) is 0 Å². The van der Waals surface area contributed by atoms with Gasteiger partial charge in [-0.05, 0) is 17.7 Å². The molecule has 8 heteroatoms. The number of benzene rings is 1. The molecule has 1 saturated heterocycles. The number of hydrogen-bond acceptors (Lipinski definition) is 7. The van der Waals surface area contributed by atoms with Gasteiger partial charge in [-0.3, -0.25) is 4.98 Å². The average molecular weight is 424 g/mol. The number of nitrogens with zero attached hydrogens (tertiary/aromatic N) is 6. The number of hydrogen-bond donors (Lipinski definition) is 0. The van der Waals surface area contributed by atoms with Gasteiger partial charge in [0.25, 0.3) is 5.95 Å². The van der Waals surface area contributed by atoms with Gasteiger partial charge in [0, 0.05) is 48.9 Å². The fourth-order valence-electron chi connectivity index (χ4n) is 3.87. The molecule has 0 spiro atoms. The van der Waals surface area contributed by atoms with Crippen molar-refractivity contribution in [2.24, 2.45) is 0 Å². The summed E-state index contributed by atoms with van der Waals surface area (Å²) >= 11 is 0. The van der Waals surface area contributed by atoms with E-state index in [0.717, 1.165) is 46.9 Å². The molecule has 1 fully saturated rings. The van der Waals surface area contributed by atoms with Crippen molar-refractivity contribution in [3.63, 3.8) is 0 Å². The zero-order valence-electron chi connectivity index (χ0n) is 17.3.